The van der Waals surface area contributed by atoms with Crippen LogP contribution >= 0.6 is 0 Å². The van der Waals surface area contributed by atoms with E-state index in [0.717, 1.165) is 12.1 Å². The molecule has 17 heavy (non-hydrogen) atoms. The highest BCUT2D eigenvalue weighted by atomic mass is 16.2. The Labute approximate surface area is 101 Å². The van der Waals surface area contributed by atoms with Crippen molar-refractivity contribution in [2.24, 2.45) is 10.5 Å². The lowest BCUT2D eigenvalue weighted by Gasteiger charge is -2.27. The maximum Gasteiger partial charge on any atom is 0.248 e. The number of rotatable bonds is 1. The van der Waals surface area contributed by atoms with Crippen LogP contribution in [0.15, 0.2) is 29.5 Å². The van der Waals surface area contributed by atoms with E-state index in [1.807, 2.05) is 39.0 Å². The quantitative estimate of drug-likeness (QED) is 0.745. The van der Waals surface area contributed by atoms with Gasteiger partial charge in [0, 0.05) is 24.2 Å². The van der Waals surface area contributed by atoms with E-state index in [1.165, 1.54) is 0 Å². The lowest BCUT2D eigenvalue weighted by atomic mass is 9.94. The Morgan fingerprint density at radius 3 is 2.76 bits per heavy atom. The van der Waals surface area contributed by atoms with Crippen molar-refractivity contribution in [3.8, 4) is 0 Å². The topological polar surface area (TPSA) is 45.6 Å². The van der Waals surface area contributed by atoms with Crippen molar-refractivity contribution in [3.05, 3.63) is 30.1 Å². The van der Waals surface area contributed by atoms with E-state index in [-0.39, 0.29) is 11.9 Å². The third kappa shape index (κ3) is 2.35. The second-order valence-corrected chi connectivity index (χ2v) is 5.20. The number of hydrogen-bond donors (Lipinski definition) is 0. The van der Waals surface area contributed by atoms with Crippen LogP contribution in [0.5, 0.6) is 0 Å². The van der Waals surface area contributed by atoms with Crippen molar-refractivity contribution in [1.29, 1.82) is 0 Å². The Morgan fingerprint density at radius 1 is 1.41 bits per heavy atom. The van der Waals surface area contributed by atoms with E-state index in [2.05, 4.69) is 10.1 Å². The van der Waals surface area contributed by atoms with Crippen molar-refractivity contribution in [3.63, 3.8) is 0 Å². The Hall–Kier alpha value is -1.71. The van der Waals surface area contributed by atoms with E-state index >= 15 is 0 Å². The summed E-state index contributed by atoms with van der Waals surface area (Å²) < 4.78 is 0. The molecule has 1 aromatic heterocycles. The number of hydrazone groups is 1. The Balaban J connectivity index is 2.24. The van der Waals surface area contributed by atoms with Crippen LogP contribution in [-0.4, -0.2) is 22.1 Å². The zero-order valence-electron chi connectivity index (χ0n) is 10.4. The molecule has 0 fully saturated rings. The van der Waals surface area contributed by atoms with Gasteiger partial charge in [0.2, 0.25) is 5.91 Å². The summed E-state index contributed by atoms with van der Waals surface area (Å²) in [6, 6.07) is 5.68. The summed E-state index contributed by atoms with van der Waals surface area (Å²) in [4.78, 5) is 16.5. The summed E-state index contributed by atoms with van der Waals surface area (Å²) in [7, 11) is 0. The minimum atomic E-state index is -0.422. The maximum absolute atomic E-state index is 12.2. The van der Waals surface area contributed by atoms with Gasteiger partial charge in [-0.15, -0.1) is 0 Å². The molecule has 0 bridgehead atoms. The maximum atomic E-state index is 12.2. The smallest absolute Gasteiger partial charge is 0.248 e. The average molecular weight is 231 g/mol. The van der Waals surface area contributed by atoms with Gasteiger partial charge >= 0.3 is 0 Å². The van der Waals surface area contributed by atoms with Crippen LogP contribution in [0.2, 0.25) is 0 Å². The minimum Gasteiger partial charge on any atom is -0.272 e. The molecule has 1 amide bonds. The first kappa shape index (κ1) is 11.8. The number of carbonyl (C=O) groups is 1. The number of pyridine rings is 1. The molecule has 0 aliphatic carbocycles. The first-order valence-electron chi connectivity index (χ1n) is 5.77. The molecule has 2 heterocycles. The molecule has 1 unspecified atom stereocenters. The van der Waals surface area contributed by atoms with Crippen LogP contribution in [-0.2, 0) is 4.79 Å². The van der Waals surface area contributed by atoms with E-state index in [9.17, 15) is 4.79 Å². The van der Waals surface area contributed by atoms with Crippen molar-refractivity contribution in [2.75, 3.05) is 0 Å². The van der Waals surface area contributed by atoms with Crippen LogP contribution in [0, 0.1) is 5.41 Å². The fraction of sp³-hybridized carbons (Fsp3) is 0.462. The van der Waals surface area contributed by atoms with Crippen molar-refractivity contribution in [1.82, 2.24) is 9.99 Å². The third-order valence-corrected chi connectivity index (χ3v) is 2.71. The fourth-order valence-corrected chi connectivity index (χ4v) is 1.77. The molecule has 90 valence electrons. The number of amides is 1. The van der Waals surface area contributed by atoms with Crippen molar-refractivity contribution < 1.29 is 4.79 Å². The van der Waals surface area contributed by atoms with Crippen LogP contribution in [0.1, 0.15) is 38.9 Å². The van der Waals surface area contributed by atoms with Gasteiger partial charge in [-0.3, -0.25) is 9.78 Å². The molecule has 2 rings (SSSR count). The normalized spacial score (nSPS) is 19.7. The molecular formula is C13H17N3O. The largest absolute Gasteiger partial charge is 0.272 e. The fourth-order valence-electron chi connectivity index (χ4n) is 1.77. The van der Waals surface area contributed by atoms with Gasteiger partial charge in [-0.05, 0) is 12.1 Å². The molecule has 1 aliphatic rings. The average Bonchev–Trinajstić information content (AvgIpc) is 2.76. The second-order valence-electron chi connectivity index (χ2n) is 5.20. The van der Waals surface area contributed by atoms with Gasteiger partial charge < -0.3 is 0 Å². The molecular weight excluding hydrogens is 214 g/mol. The molecule has 0 saturated heterocycles. The molecule has 0 saturated carbocycles. The summed E-state index contributed by atoms with van der Waals surface area (Å²) in [5.41, 5.74) is 0.469. The molecule has 1 aliphatic heterocycles. The lowest BCUT2D eigenvalue weighted by molar-refractivity contribution is -0.141. The van der Waals surface area contributed by atoms with Gasteiger partial charge in [0.05, 0.1) is 5.69 Å². The highest BCUT2D eigenvalue weighted by Gasteiger charge is 2.35. The second kappa shape index (κ2) is 4.28. The Kier molecular flexibility index (Phi) is 2.96. The van der Waals surface area contributed by atoms with E-state index in [0.29, 0.717) is 0 Å². The van der Waals surface area contributed by atoms with Gasteiger partial charge in [-0.1, -0.05) is 26.8 Å². The van der Waals surface area contributed by atoms with Gasteiger partial charge in [0.1, 0.15) is 6.04 Å². The monoisotopic (exact) mass is 231 g/mol. The van der Waals surface area contributed by atoms with E-state index in [1.54, 1.807) is 17.4 Å². The van der Waals surface area contributed by atoms with Crippen LogP contribution < -0.4 is 0 Å². The molecule has 0 aromatic carbocycles. The van der Waals surface area contributed by atoms with Crippen LogP contribution in [0.4, 0.5) is 0 Å². The standard InChI is InChI=1S/C13H17N3O/c1-13(2,3)12(17)16-11(7-9-15-16)10-6-4-5-8-14-10/h4-6,8-9,11H,7H2,1-3H3. The van der Waals surface area contributed by atoms with Gasteiger partial charge in [0.25, 0.3) is 0 Å². The van der Waals surface area contributed by atoms with E-state index in [4.69, 9.17) is 0 Å². The molecule has 4 heteroatoms. The van der Waals surface area contributed by atoms with Gasteiger partial charge in [-0.2, -0.15) is 5.10 Å². The zero-order valence-corrected chi connectivity index (χ0v) is 10.4. The summed E-state index contributed by atoms with van der Waals surface area (Å²) in [5, 5.41) is 5.74. The predicted molar refractivity (Wildman–Crippen MR) is 66.4 cm³/mol. The van der Waals surface area contributed by atoms with E-state index < -0.39 is 5.41 Å². The lowest BCUT2D eigenvalue weighted by Crippen LogP contribution is -2.36. The Bertz CT molecular complexity index is 434. The van der Waals surface area contributed by atoms with Gasteiger partial charge in [0.15, 0.2) is 0 Å². The highest BCUT2D eigenvalue weighted by Crippen LogP contribution is 2.31. The number of aromatic nitrogens is 1. The molecule has 0 spiro atoms. The first-order chi connectivity index (χ1) is 8.00. The minimum absolute atomic E-state index is 0.0295. The van der Waals surface area contributed by atoms with Gasteiger partial charge in [-0.25, -0.2) is 5.01 Å². The zero-order chi connectivity index (χ0) is 12.5. The Morgan fingerprint density at radius 2 is 2.18 bits per heavy atom. The number of hydrogen-bond acceptors (Lipinski definition) is 3. The number of carbonyl (C=O) groups excluding carboxylic acids is 1. The highest BCUT2D eigenvalue weighted by molar-refractivity contribution is 5.84. The summed E-state index contributed by atoms with van der Waals surface area (Å²) in [6.45, 7) is 5.70. The summed E-state index contributed by atoms with van der Waals surface area (Å²) in [5.74, 6) is 0.0295. The molecule has 4 nitrogen and oxygen atoms in total. The third-order valence-electron chi connectivity index (χ3n) is 2.71. The van der Waals surface area contributed by atoms with Crippen molar-refractivity contribution in [2.45, 2.75) is 33.2 Å². The van der Waals surface area contributed by atoms with Crippen LogP contribution in [0.25, 0.3) is 0 Å². The van der Waals surface area contributed by atoms with Crippen LogP contribution in [0.3, 0.4) is 0 Å². The summed E-state index contributed by atoms with van der Waals surface area (Å²) in [6.07, 6.45) is 4.26. The predicted octanol–water partition coefficient (Wildman–Crippen LogP) is 2.39. The molecule has 0 radical (unpaired) electrons. The molecule has 1 atom stereocenters. The molecule has 0 N–H and O–H groups in total. The first-order valence-corrected chi connectivity index (χ1v) is 5.77. The van der Waals surface area contributed by atoms with Crippen molar-refractivity contribution >= 4 is 12.1 Å². The SMILES string of the molecule is CC(C)(C)C(=O)N1N=CCC1c1ccccn1. The number of nitrogens with zero attached hydrogens (tertiary/aromatic N) is 3. The molecule has 1 aromatic rings. The summed E-state index contributed by atoms with van der Waals surface area (Å²) >= 11 is 0.